The lowest BCUT2D eigenvalue weighted by Crippen LogP contribution is -2.08. The molecule has 2 atom stereocenters. The molecule has 5 heteroatoms. The van der Waals surface area contributed by atoms with Crippen LogP contribution in [0.25, 0.3) is 0 Å². The molecule has 0 spiro atoms. The second-order valence-corrected chi connectivity index (χ2v) is 6.39. The van der Waals surface area contributed by atoms with Crippen molar-refractivity contribution < 1.29 is 24.1 Å². The van der Waals surface area contributed by atoms with Crippen LogP contribution in [0.3, 0.4) is 0 Å². The lowest BCUT2D eigenvalue weighted by Gasteiger charge is -2.19. The van der Waals surface area contributed by atoms with E-state index in [1.165, 1.54) is 0 Å². The quantitative estimate of drug-likeness (QED) is 0.872. The van der Waals surface area contributed by atoms with E-state index in [2.05, 4.69) is 0 Å². The van der Waals surface area contributed by atoms with Gasteiger partial charge in [-0.1, -0.05) is 42.5 Å². The van der Waals surface area contributed by atoms with Gasteiger partial charge in [-0.15, -0.1) is 0 Å². The van der Waals surface area contributed by atoms with Gasteiger partial charge in [-0.2, -0.15) is 0 Å². The number of carboxylic acid groups (broad SMARTS) is 1. The predicted octanol–water partition coefficient (Wildman–Crippen LogP) is 3.50. The van der Waals surface area contributed by atoms with Crippen LogP contribution in [0.1, 0.15) is 35.3 Å². The predicted molar refractivity (Wildman–Crippen MR) is 90.3 cm³/mol. The van der Waals surface area contributed by atoms with Gasteiger partial charge in [0.2, 0.25) is 0 Å². The van der Waals surface area contributed by atoms with E-state index in [0.29, 0.717) is 32.0 Å². The first-order valence-electron chi connectivity index (χ1n) is 8.49. The summed E-state index contributed by atoms with van der Waals surface area (Å²) >= 11 is 0. The van der Waals surface area contributed by atoms with Gasteiger partial charge in [0.05, 0.1) is 24.7 Å². The summed E-state index contributed by atoms with van der Waals surface area (Å²) in [6.45, 7) is 1.51. The highest BCUT2D eigenvalue weighted by Crippen LogP contribution is 2.51. The molecule has 0 bridgehead atoms. The van der Waals surface area contributed by atoms with Crippen molar-refractivity contribution >= 4 is 5.97 Å². The van der Waals surface area contributed by atoms with Crippen LogP contribution in [0, 0.1) is 5.92 Å². The van der Waals surface area contributed by atoms with Crippen LogP contribution in [-0.4, -0.2) is 24.3 Å². The lowest BCUT2D eigenvalue weighted by molar-refractivity contribution is -0.138. The first-order valence-corrected chi connectivity index (χ1v) is 8.49. The molecule has 1 saturated carbocycles. The van der Waals surface area contributed by atoms with Gasteiger partial charge in [0, 0.05) is 0 Å². The van der Waals surface area contributed by atoms with E-state index in [0.717, 1.165) is 16.7 Å². The standard InChI is InChI=1S/C20H20O5/c21-19(22)16-11-15(16)14-7-4-8-17(18(14)20-23-9-10-24-20)25-12-13-5-2-1-3-6-13/h1-8,15-16,20H,9-12H2,(H,21,22)/t15-,16+/m0/s1. The highest BCUT2D eigenvalue weighted by Gasteiger charge is 2.46. The highest BCUT2D eigenvalue weighted by molar-refractivity contribution is 5.75. The Kier molecular flexibility index (Phi) is 4.42. The molecule has 2 aliphatic rings. The third-order valence-corrected chi connectivity index (χ3v) is 4.70. The number of carboxylic acids is 1. The SMILES string of the molecule is O=C(O)[C@@H]1C[C@H]1c1cccc(OCc2ccccc2)c1C1OCCO1. The smallest absolute Gasteiger partial charge is 0.307 e. The van der Waals surface area contributed by atoms with Crippen molar-refractivity contribution in [3.8, 4) is 5.75 Å². The van der Waals surface area contributed by atoms with Gasteiger partial charge in [0.1, 0.15) is 12.4 Å². The molecular formula is C20H20O5. The van der Waals surface area contributed by atoms with Gasteiger partial charge in [-0.25, -0.2) is 0 Å². The Morgan fingerprint density at radius 1 is 1.08 bits per heavy atom. The molecule has 1 heterocycles. The average Bonchev–Trinajstić information content (AvgIpc) is 3.27. The summed E-state index contributed by atoms with van der Waals surface area (Å²) in [4.78, 5) is 11.3. The summed E-state index contributed by atoms with van der Waals surface area (Å²) in [7, 11) is 0. The number of benzene rings is 2. The fourth-order valence-corrected chi connectivity index (χ4v) is 3.33. The monoisotopic (exact) mass is 340 g/mol. The molecule has 130 valence electrons. The maximum Gasteiger partial charge on any atom is 0.307 e. The molecule has 25 heavy (non-hydrogen) atoms. The maximum atomic E-state index is 11.3. The molecular weight excluding hydrogens is 320 g/mol. The molecule has 2 fully saturated rings. The van der Waals surface area contributed by atoms with E-state index in [1.54, 1.807) is 0 Å². The van der Waals surface area contributed by atoms with E-state index >= 15 is 0 Å². The van der Waals surface area contributed by atoms with Crippen molar-refractivity contribution in [1.29, 1.82) is 0 Å². The van der Waals surface area contributed by atoms with Gasteiger partial charge >= 0.3 is 5.97 Å². The first kappa shape index (κ1) is 16.1. The van der Waals surface area contributed by atoms with Crippen molar-refractivity contribution in [1.82, 2.24) is 0 Å². The Balaban J connectivity index is 1.62. The molecule has 4 rings (SSSR count). The molecule has 1 N–H and O–H groups in total. The van der Waals surface area contributed by atoms with Crippen molar-refractivity contribution in [2.24, 2.45) is 5.92 Å². The van der Waals surface area contributed by atoms with Gasteiger partial charge < -0.3 is 19.3 Å². The van der Waals surface area contributed by atoms with Crippen LogP contribution >= 0.6 is 0 Å². The van der Waals surface area contributed by atoms with Gasteiger partial charge in [-0.3, -0.25) is 4.79 Å². The van der Waals surface area contributed by atoms with Crippen LogP contribution in [0.5, 0.6) is 5.75 Å². The Bertz CT molecular complexity index is 752. The molecule has 0 unspecified atom stereocenters. The van der Waals surface area contributed by atoms with Crippen molar-refractivity contribution in [2.75, 3.05) is 13.2 Å². The molecule has 1 saturated heterocycles. The fourth-order valence-electron chi connectivity index (χ4n) is 3.33. The van der Waals surface area contributed by atoms with E-state index < -0.39 is 12.3 Å². The van der Waals surface area contributed by atoms with Gasteiger partial charge in [-0.05, 0) is 29.5 Å². The topological polar surface area (TPSA) is 65.0 Å². The summed E-state index contributed by atoms with van der Waals surface area (Å²) in [5, 5.41) is 9.27. The van der Waals surface area contributed by atoms with Crippen LogP contribution in [0.15, 0.2) is 48.5 Å². The second-order valence-electron chi connectivity index (χ2n) is 6.39. The molecule has 0 aromatic heterocycles. The van der Waals surface area contributed by atoms with Crippen molar-refractivity contribution in [2.45, 2.75) is 25.2 Å². The minimum atomic E-state index is -0.750. The number of hydrogen-bond acceptors (Lipinski definition) is 4. The van der Waals surface area contributed by atoms with Crippen LogP contribution in [0.2, 0.25) is 0 Å². The minimum absolute atomic E-state index is 0.000533. The summed E-state index contributed by atoms with van der Waals surface area (Å²) in [5.74, 6) is -0.380. The largest absolute Gasteiger partial charge is 0.488 e. The number of aliphatic carboxylic acids is 1. The average molecular weight is 340 g/mol. The van der Waals surface area contributed by atoms with E-state index in [-0.39, 0.29) is 11.8 Å². The Morgan fingerprint density at radius 2 is 1.84 bits per heavy atom. The number of rotatable bonds is 6. The Labute approximate surface area is 146 Å². The third-order valence-electron chi connectivity index (χ3n) is 4.70. The summed E-state index contributed by atoms with van der Waals surface area (Å²) in [6, 6.07) is 15.7. The fraction of sp³-hybridized carbons (Fsp3) is 0.350. The molecule has 2 aromatic carbocycles. The zero-order chi connectivity index (χ0) is 17.2. The third kappa shape index (κ3) is 3.38. The van der Waals surface area contributed by atoms with Crippen LogP contribution in [-0.2, 0) is 20.9 Å². The van der Waals surface area contributed by atoms with E-state index in [4.69, 9.17) is 14.2 Å². The lowest BCUT2D eigenvalue weighted by atomic mass is 10.00. The normalized spacial score (nSPS) is 22.7. The zero-order valence-electron chi connectivity index (χ0n) is 13.8. The number of hydrogen-bond donors (Lipinski definition) is 1. The van der Waals surface area contributed by atoms with Gasteiger partial charge in [0.25, 0.3) is 0 Å². The second kappa shape index (κ2) is 6.86. The van der Waals surface area contributed by atoms with Crippen molar-refractivity contribution in [3.05, 3.63) is 65.2 Å². The van der Waals surface area contributed by atoms with Crippen molar-refractivity contribution in [3.63, 3.8) is 0 Å². The molecule has 0 amide bonds. The first-order chi connectivity index (χ1) is 12.2. The number of carbonyl (C=O) groups is 1. The molecule has 1 aliphatic heterocycles. The minimum Gasteiger partial charge on any atom is -0.488 e. The number of ether oxygens (including phenoxy) is 3. The van der Waals surface area contributed by atoms with Crippen LogP contribution < -0.4 is 4.74 Å². The highest BCUT2D eigenvalue weighted by atomic mass is 16.7. The van der Waals surface area contributed by atoms with E-state index in [1.807, 2.05) is 48.5 Å². The molecule has 0 radical (unpaired) electrons. The maximum absolute atomic E-state index is 11.3. The molecule has 5 nitrogen and oxygen atoms in total. The summed E-state index contributed by atoms with van der Waals surface area (Å²) < 4.78 is 17.4. The summed E-state index contributed by atoms with van der Waals surface area (Å²) in [6.07, 6.45) is 0.161. The summed E-state index contributed by atoms with van der Waals surface area (Å²) in [5.41, 5.74) is 2.87. The van der Waals surface area contributed by atoms with Gasteiger partial charge in [0.15, 0.2) is 6.29 Å². The zero-order valence-corrected chi connectivity index (χ0v) is 13.8. The van der Waals surface area contributed by atoms with Crippen LogP contribution in [0.4, 0.5) is 0 Å². The molecule has 1 aliphatic carbocycles. The van der Waals surface area contributed by atoms with E-state index in [9.17, 15) is 9.90 Å². The Hall–Kier alpha value is -2.37. The Morgan fingerprint density at radius 3 is 2.52 bits per heavy atom. The molecule has 2 aromatic rings.